The van der Waals surface area contributed by atoms with Crippen LogP contribution in [0.15, 0.2) is 46.0 Å². The number of methoxy groups -OCH3 is 1. The molecule has 7 heteroatoms. The van der Waals surface area contributed by atoms with Gasteiger partial charge >= 0.3 is 0 Å². The van der Waals surface area contributed by atoms with Crippen molar-refractivity contribution in [2.24, 2.45) is 5.10 Å². The minimum atomic E-state index is -0.330. The summed E-state index contributed by atoms with van der Waals surface area (Å²) in [6.45, 7) is 0. The number of nitrogens with zero attached hydrogens (tertiary/aromatic N) is 1. The lowest BCUT2D eigenvalue weighted by Gasteiger charge is -2.05. The summed E-state index contributed by atoms with van der Waals surface area (Å²) in [5, 5.41) is 13.3. The van der Waals surface area contributed by atoms with Gasteiger partial charge in [0.1, 0.15) is 11.5 Å². The first-order valence-corrected chi connectivity index (χ1v) is 8.04. The maximum Gasteiger partial charge on any atom is 0.271 e. The van der Waals surface area contributed by atoms with Gasteiger partial charge in [-0.25, -0.2) is 5.43 Å². The number of carbonyl (C=O) groups is 1. The quantitative estimate of drug-likeness (QED) is 0.404. The van der Waals surface area contributed by atoms with Crippen LogP contribution >= 0.6 is 38.5 Å². The number of halogens is 2. The van der Waals surface area contributed by atoms with Gasteiger partial charge in [-0.3, -0.25) is 4.79 Å². The SMILES string of the molecule is COc1cc(C(=O)N/N=C\c2ccc(O)c(Br)c2)ccc1I. The Kier molecular flexibility index (Phi) is 5.78. The Hall–Kier alpha value is -1.61. The monoisotopic (exact) mass is 474 g/mol. The summed E-state index contributed by atoms with van der Waals surface area (Å²) in [6.07, 6.45) is 1.49. The van der Waals surface area contributed by atoms with Crippen LogP contribution in [0.5, 0.6) is 11.5 Å². The van der Waals surface area contributed by atoms with E-state index < -0.39 is 0 Å². The van der Waals surface area contributed by atoms with Gasteiger partial charge in [0, 0.05) is 5.56 Å². The number of hydrazone groups is 1. The van der Waals surface area contributed by atoms with E-state index in [9.17, 15) is 9.90 Å². The Balaban J connectivity index is 2.06. The Morgan fingerprint density at radius 1 is 1.36 bits per heavy atom. The van der Waals surface area contributed by atoms with Crippen LogP contribution < -0.4 is 10.2 Å². The molecule has 5 nitrogen and oxygen atoms in total. The highest BCUT2D eigenvalue weighted by atomic mass is 127. The van der Waals surface area contributed by atoms with Crippen molar-refractivity contribution in [3.8, 4) is 11.5 Å². The lowest BCUT2D eigenvalue weighted by atomic mass is 10.2. The Bertz CT molecular complexity index is 735. The van der Waals surface area contributed by atoms with E-state index in [0.29, 0.717) is 15.8 Å². The van der Waals surface area contributed by atoms with Crippen LogP contribution in [0, 0.1) is 3.57 Å². The Morgan fingerprint density at radius 2 is 2.14 bits per heavy atom. The molecule has 0 atom stereocenters. The molecule has 2 rings (SSSR count). The van der Waals surface area contributed by atoms with Crippen LogP contribution in [0.4, 0.5) is 0 Å². The number of aromatic hydroxyl groups is 1. The second-order valence-corrected chi connectivity index (χ2v) is 6.28. The lowest BCUT2D eigenvalue weighted by molar-refractivity contribution is 0.0954. The van der Waals surface area contributed by atoms with E-state index in [4.69, 9.17) is 4.74 Å². The van der Waals surface area contributed by atoms with Crippen molar-refractivity contribution < 1.29 is 14.6 Å². The average Bonchev–Trinajstić information content (AvgIpc) is 2.51. The van der Waals surface area contributed by atoms with E-state index in [-0.39, 0.29) is 11.7 Å². The Morgan fingerprint density at radius 3 is 2.82 bits per heavy atom. The van der Waals surface area contributed by atoms with E-state index in [1.54, 1.807) is 37.4 Å². The molecule has 0 aromatic heterocycles. The molecule has 2 N–H and O–H groups in total. The molecule has 0 spiro atoms. The van der Waals surface area contributed by atoms with E-state index >= 15 is 0 Å². The number of rotatable bonds is 4. The fourth-order valence-electron chi connectivity index (χ4n) is 1.63. The number of amides is 1. The molecule has 0 aliphatic carbocycles. The highest BCUT2D eigenvalue weighted by Crippen LogP contribution is 2.23. The normalized spacial score (nSPS) is 10.7. The van der Waals surface area contributed by atoms with Crippen LogP contribution in [0.2, 0.25) is 0 Å². The number of benzene rings is 2. The van der Waals surface area contributed by atoms with Crippen molar-refractivity contribution in [1.29, 1.82) is 0 Å². The van der Waals surface area contributed by atoms with Gasteiger partial charge in [0.05, 0.1) is 21.4 Å². The van der Waals surface area contributed by atoms with Crippen LogP contribution in [0.3, 0.4) is 0 Å². The summed E-state index contributed by atoms with van der Waals surface area (Å²) < 4.78 is 6.66. The van der Waals surface area contributed by atoms with Crippen LogP contribution in [0.1, 0.15) is 15.9 Å². The number of carbonyl (C=O) groups excluding carboxylic acids is 1. The predicted octanol–water partition coefficient (Wildman–Crippen LogP) is 3.53. The molecule has 0 fully saturated rings. The zero-order chi connectivity index (χ0) is 16.1. The summed E-state index contributed by atoms with van der Waals surface area (Å²) in [4.78, 5) is 12.0. The third-order valence-corrected chi connectivity index (χ3v) is 4.29. The number of ether oxygens (including phenoxy) is 1. The smallest absolute Gasteiger partial charge is 0.271 e. The number of phenolic OH excluding ortho intramolecular Hbond substituents is 1. The number of phenols is 1. The van der Waals surface area contributed by atoms with Gasteiger partial charge in [-0.05, 0) is 80.5 Å². The fraction of sp³-hybridized carbons (Fsp3) is 0.0667. The topological polar surface area (TPSA) is 70.9 Å². The van der Waals surface area contributed by atoms with Gasteiger partial charge in [-0.15, -0.1) is 0 Å². The molecule has 0 aliphatic heterocycles. The van der Waals surface area contributed by atoms with Gasteiger partial charge in [0.2, 0.25) is 0 Å². The van der Waals surface area contributed by atoms with Gasteiger partial charge in [-0.2, -0.15) is 5.10 Å². The van der Waals surface area contributed by atoms with Gasteiger partial charge < -0.3 is 9.84 Å². The zero-order valence-corrected chi connectivity index (χ0v) is 15.3. The molecular formula is C15H12BrIN2O3. The van der Waals surface area contributed by atoms with Crippen molar-refractivity contribution in [2.75, 3.05) is 7.11 Å². The van der Waals surface area contributed by atoms with Crippen LogP contribution in [0.25, 0.3) is 0 Å². The van der Waals surface area contributed by atoms with Gasteiger partial charge in [0.15, 0.2) is 0 Å². The molecule has 0 saturated heterocycles. The minimum Gasteiger partial charge on any atom is -0.507 e. The fourth-order valence-corrected chi connectivity index (χ4v) is 2.59. The van der Waals surface area contributed by atoms with Gasteiger partial charge in [0.25, 0.3) is 5.91 Å². The van der Waals surface area contributed by atoms with Crippen molar-refractivity contribution in [3.63, 3.8) is 0 Å². The first kappa shape index (κ1) is 16.8. The first-order valence-electron chi connectivity index (χ1n) is 6.16. The molecule has 114 valence electrons. The van der Waals surface area contributed by atoms with E-state index in [0.717, 1.165) is 9.13 Å². The van der Waals surface area contributed by atoms with E-state index in [2.05, 4.69) is 49.0 Å². The number of hydrogen-bond donors (Lipinski definition) is 2. The molecule has 0 radical (unpaired) electrons. The third-order valence-electron chi connectivity index (χ3n) is 2.76. The summed E-state index contributed by atoms with van der Waals surface area (Å²) >= 11 is 5.34. The molecular weight excluding hydrogens is 463 g/mol. The number of hydrogen-bond acceptors (Lipinski definition) is 4. The maximum absolute atomic E-state index is 12.0. The summed E-state index contributed by atoms with van der Waals surface area (Å²) in [5.41, 5.74) is 3.65. The second kappa shape index (κ2) is 7.59. The van der Waals surface area contributed by atoms with Crippen LogP contribution in [-0.2, 0) is 0 Å². The predicted molar refractivity (Wildman–Crippen MR) is 96.6 cm³/mol. The number of nitrogens with one attached hydrogen (secondary N) is 1. The van der Waals surface area contributed by atoms with E-state index in [1.807, 2.05) is 0 Å². The molecule has 0 aliphatic rings. The first-order chi connectivity index (χ1) is 10.5. The third kappa shape index (κ3) is 4.20. The minimum absolute atomic E-state index is 0.146. The zero-order valence-electron chi connectivity index (χ0n) is 11.5. The molecule has 0 heterocycles. The summed E-state index contributed by atoms with van der Waals surface area (Å²) in [5.74, 6) is 0.454. The summed E-state index contributed by atoms with van der Waals surface area (Å²) in [7, 11) is 1.56. The largest absolute Gasteiger partial charge is 0.507 e. The van der Waals surface area contributed by atoms with Crippen LogP contribution in [-0.4, -0.2) is 24.3 Å². The molecule has 2 aromatic rings. The molecule has 2 aromatic carbocycles. The van der Waals surface area contributed by atoms with E-state index in [1.165, 1.54) is 12.3 Å². The molecule has 1 amide bonds. The van der Waals surface area contributed by atoms with Crippen molar-refractivity contribution >= 4 is 50.6 Å². The van der Waals surface area contributed by atoms with Crippen molar-refractivity contribution in [3.05, 3.63) is 55.6 Å². The molecule has 0 unspecified atom stereocenters. The van der Waals surface area contributed by atoms with Crippen molar-refractivity contribution in [1.82, 2.24) is 5.43 Å². The lowest BCUT2D eigenvalue weighted by Crippen LogP contribution is -2.17. The molecule has 0 saturated carbocycles. The molecule has 22 heavy (non-hydrogen) atoms. The second-order valence-electron chi connectivity index (χ2n) is 4.26. The molecule has 0 bridgehead atoms. The highest BCUT2D eigenvalue weighted by Gasteiger charge is 2.08. The van der Waals surface area contributed by atoms with Gasteiger partial charge in [-0.1, -0.05) is 0 Å². The average molecular weight is 475 g/mol. The maximum atomic E-state index is 12.0. The Labute approximate surface area is 149 Å². The van der Waals surface area contributed by atoms with Crippen molar-refractivity contribution in [2.45, 2.75) is 0 Å². The highest BCUT2D eigenvalue weighted by molar-refractivity contribution is 14.1. The summed E-state index contributed by atoms with van der Waals surface area (Å²) in [6, 6.07) is 10.1. The standard InChI is InChI=1S/C15H12BrIN2O3/c1-22-14-7-10(3-4-12(14)17)15(21)19-18-8-9-2-5-13(20)11(16)6-9/h2-8,20H,1H3,(H,19,21)/b18-8-.